The Hall–Kier alpha value is -3.51. The third kappa shape index (κ3) is 4.26. The van der Waals surface area contributed by atoms with Gasteiger partial charge in [0.25, 0.3) is 0 Å². The summed E-state index contributed by atoms with van der Waals surface area (Å²) in [6, 6.07) is 26.5. The van der Waals surface area contributed by atoms with E-state index in [1.165, 1.54) is 17.0 Å². The monoisotopic (exact) mass is 457 g/mol. The van der Waals surface area contributed by atoms with E-state index < -0.39 is 0 Å². The van der Waals surface area contributed by atoms with Crippen molar-refractivity contribution < 1.29 is 9.18 Å². The SMILES string of the molecule is CSc1ccc([C@@H]2c3cccn3-c3ccccc3CN2C(=O)NCc2ccc(F)cc2)cc1. The fraction of sp³-hybridized carbons (Fsp3) is 0.148. The fourth-order valence-corrected chi connectivity index (χ4v) is 4.77. The van der Waals surface area contributed by atoms with Crippen LogP contribution < -0.4 is 5.32 Å². The molecule has 0 aliphatic carbocycles. The Morgan fingerprint density at radius 3 is 2.52 bits per heavy atom. The van der Waals surface area contributed by atoms with Crippen molar-refractivity contribution in [1.82, 2.24) is 14.8 Å². The molecule has 0 saturated carbocycles. The van der Waals surface area contributed by atoms with Crippen molar-refractivity contribution in [3.8, 4) is 5.69 Å². The normalized spacial score (nSPS) is 14.8. The van der Waals surface area contributed by atoms with Gasteiger partial charge in [-0.1, -0.05) is 42.5 Å². The topological polar surface area (TPSA) is 37.3 Å². The summed E-state index contributed by atoms with van der Waals surface area (Å²) in [5.41, 5.74) is 5.10. The van der Waals surface area contributed by atoms with Crippen molar-refractivity contribution in [1.29, 1.82) is 0 Å². The van der Waals surface area contributed by atoms with Crippen LogP contribution in [-0.2, 0) is 13.1 Å². The molecule has 166 valence electrons. The second kappa shape index (κ2) is 9.16. The smallest absolute Gasteiger partial charge is 0.318 e. The maximum absolute atomic E-state index is 13.6. The molecule has 2 amide bonds. The lowest BCUT2D eigenvalue weighted by atomic mass is 10.0. The van der Waals surface area contributed by atoms with Crippen LogP contribution in [0.2, 0.25) is 0 Å². The summed E-state index contributed by atoms with van der Waals surface area (Å²) in [6.45, 7) is 0.804. The predicted molar refractivity (Wildman–Crippen MR) is 130 cm³/mol. The zero-order chi connectivity index (χ0) is 22.8. The first-order valence-electron chi connectivity index (χ1n) is 10.8. The van der Waals surface area contributed by atoms with Crippen LogP contribution >= 0.6 is 11.8 Å². The van der Waals surface area contributed by atoms with Gasteiger partial charge in [-0.25, -0.2) is 9.18 Å². The van der Waals surface area contributed by atoms with E-state index in [2.05, 4.69) is 64.8 Å². The van der Waals surface area contributed by atoms with Crippen LogP contribution in [0, 0.1) is 5.82 Å². The quantitative estimate of drug-likeness (QED) is 0.373. The maximum atomic E-state index is 13.6. The third-order valence-corrected chi connectivity index (χ3v) is 6.76. The molecule has 4 aromatic rings. The number of halogens is 1. The number of thioether (sulfide) groups is 1. The zero-order valence-electron chi connectivity index (χ0n) is 18.2. The van der Waals surface area contributed by atoms with Gasteiger partial charge in [-0.05, 0) is 65.4 Å². The number of hydrogen-bond donors (Lipinski definition) is 1. The minimum Gasteiger partial charge on any atom is -0.334 e. The van der Waals surface area contributed by atoms with E-state index in [4.69, 9.17) is 0 Å². The summed E-state index contributed by atoms with van der Waals surface area (Å²) in [4.78, 5) is 16.6. The highest BCUT2D eigenvalue weighted by atomic mass is 32.2. The van der Waals surface area contributed by atoms with Gasteiger partial charge in [-0.3, -0.25) is 0 Å². The van der Waals surface area contributed by atoms with Crippen molar-refractivity contribution in [2.45, 2.75) is 24.0 Å². The van der Waals surface area contributed by atoms with Gasteiger partial charge in [0.1, 0.15) is 5.82 Å². The minimum atomic E-state index is -0.288. The Morgan fingerprint density at radius 2 is 1.76 bits per heavy atom. The number of para-hydroxylation sites is 1. The van der Waals surface area contributed by atoms with Crippen LogP contribution in [0.3, 0.4) is 0 Å². The number of nitrogens with one attached hydrogen (secondary N) is 1. The maximum Gasteiger partial charge on any atom is 0.318 e. The van der Waals surface area contributed by atoms with Gasteiger partial charge in [0.2, 0.25) is 0 Å². The van der Waals surface area contributed by atoms with Crippen molar-refractivity contribution >= 4 is 17.8 Å². The Kier molecular flexibility index (Phi) is 5.92. The van der Waals surface area contributed by atoms with Gasteiger partial charge in [-0.15, -0.1) is 11.8 Å². The number of urea groups is 1. The Balaban J connectivity index is 1.54. The number of carbonyl (C=O) groups is 1. The average molecular weight is 458 g/mol. The van der Waals surface area contributed by atoms with Crippen molar-refractivity contribution in [2.24, 2.45) is 0 Å². The molecule has 4 nitrogen and oxygen atoms in total. The summed E-state index contributed by atoms with van der Waals surface area (Å²) in [5.74, 6) is -0.288. The van der Waals surface area contributed by atoms with E-state index in [9.17, 15) is 9.18 Å². The fourth-order valence-electron chi connectivity index (χ4n) is 4.36. The van der Waals surface area contributed by atoms with E-state index in [1.807, 2.05) is 23.1 Å². The van der Waals surface area contributed by atoms with E-state index in [-0.39, 0.29) is 17.9 Å². The Morgan fingerprint density at radius 1 is 1.00 bits per heavy atom. The lowest BCUT2D eigenvalue weighted by Gasteiger charge is -2.31. The molecule has 0 unspecified atom stereocenters. The molecule has 1 aromatic heterocycles. The summed E-state index contributed by atoms with van der Waals surface area (Å²) in [7, 11) is 0. The molecule has 0 bridgehead atoms. The molecule has 0 radical (unpaired) electrons. The second-order valence-corrected chi connectivity index (χ2v) is 8.90. The van der Waals surface area contributed by atoms with E-state index in [0.29, 0.717) is 13.1 Å². The first-order valence-corrected chi connectivity index (χ1v) is 12.0. The molecule has 33 heavy (non-hydrogen) atoms. The highest BCUT2D eigenvalue weighted by Crippen LogP contribution is 2.37. The van der Waals surface area contributed by atoms with Crippen molar-refractivity contribution in [3.05, 3.63) is 119 Å². The summed E-state index contributed by atoms with van der Waals surface area (Å²) < 4.78 is 15.4. The first kappa shape index (κ1) is 21.3. The van der Waals surface area contributed by atoms with Crippen molar-refractivity contribution in [3.63, 3.8) is 0 Å². The molecule has 1 aliphatic heterocycles. The van der Waals surface area contributed by atoms with Crippen LogP contribution in [0.25, 0.3) is 5.69 Å². The van der Waals surface area contributed by atoms with Gasteiger partial charge in [-0.2, -0.15) is 0 Å². The number of aromatic nitrogens is 1. The standard InChI is InChI=1S/C27H24FN3OS/c1-33-23-14-10-20(11-15-23)26-25-7-4-16-30(25)24-6-3-2-5-21(24)18-31(26)27(32)29-17-19-8-12-22(28)13-9-19/h2-16,26H,17-18H2,1H3,(H,29,32)/t26-/m1/s1. The molecule has 0 fully saturated rings. The van der Waals surface area contributed by atoms with E-state index in [0.717, 1.165) is 28.1 Å². The molecule has 0 saturated heterocycles. The largest absolute Gasteiger partial charge is 0.334 e. The zero-order valence-corrected chi connectivity index (χ0v) is 19.1. The summed E-state index contributed by atoms with van der Waals surface area (Å²) in [6.07, 6.45) is 4.11. The highest BCUT2D eigenvalue weighted by Gasteiger charge is 2.32. The molecule has 6 heteroatoms. The van der Waals surface area contributed by atoms with Crippen LogP contribution in [0.5, 0.6) is 0 Å². The summed E-state index contributed by atoms with van der Waals surface area (Å²) in [5, 5.41) is 3.04. The number of carbonyl (C=O) groups excluding carboxylic acids is 1. The molecular weight excluding hydrogens is 433 g/mol. The van der Waals surface area contributed by atoms with Gasteiger partial charge in [0.05, 0.1) is 18.3 Å². The van der Waals surface area contributed by atoms with Crippen LogP contribution in [-0.4, -0.2) is 21.8 Å². The first-order chi connectivity index (χ1) is 16.1. The lowest BCUT2D eigenvalue weighted by Crippen LogP contribution is -2.41. The van der Waals surface area contributed by atoms with Crippen LogP contribution in [0.15, 0.2) is 96.0 Å². The molecular formula is C27H24FN3OS. The van der Waals surface area contributed by atoms with Gasteiger partial charge in [0.15, 0.2) is 0 Å². The Bertz CT molecular complexity index is 1270. The van der Waals surface area contributed by atoms with E-state index in [1.54, 1.807) is 23.9 Å². The molecule has 1 atom stereocenters. The van der Waals surface area contributed by atoms with Gasteiger partial charge < -0.3 is 14.8 Å². The third-order valence-electron chi connectivity index (χ3n) is 6.01. The molecule has 2 heterocycles. The number of hydrogen-bond acceptors (Lipinski definition) is 2. The number of rotatable bonds is 4. The van der Waals surface area contributed by atoms with Gasteiger partial charge in [0, 0.05) is 23.3 Å². The van der Waals surface area contributed by atoms with Crippen LogP contribution in [0.1, 0.15) is 28.4 Å². The number of benzene rings is 3. The number of amides is 2. The minimum absolute atomic E-state index is 0.164. The molecule has 1 N–H and O–H groups in total. The second-order valence-electron chi connectivity index (χ2n) is 8.02. The molecule has 1 aliphatic rings. The number of nitrogens with zero attached hydrogens (tertiary/aromatic N) is 2. The Labute approximate surface area is 197 Å². The predicted octanol–water partition coefficient (Wildman–Crippen LogP) is 6.15. The highest BCUT2D eigenvalue weighted by molar-refractivity contribution is 7.98. The summed E-state index contributed by atoms with van der Waals surface area (Å²) >= 11 is 1.69. The molecule has 3 aromatic carbocycles. The van der Waals surface area contributed by atoms with Crippen LogP contribution in [0.4, 0.5) is 9.18 Å². The van der Waals surface area contributed by atoms with Crippen molar-refractivity contribution in [2.75, 3.05) is 6.26 Å². The van der Waals surface area contributed by atoms with E-state index >= 15 is 0 Å². The molecule has 0 spiro atoms. The molecule has 5 rings (SSSR count). The number of fused-ring (bicyclic) bond motifs is 3. The lowest BCUT2D eigenvalue weighted by molar-refractivity contribution is 0.180. The van der Waals surface area contributed by atoms with Gasteiger partial charge >= 0.3 is 6.03 Å². The average Bonchev–Trinajstić information content (AvgIpc) is 3.28.